The lowest BCUT2D eigenvalue weighted by Crippen LogP contribution is -2.75. The van der Waals surface area contributed by atoms with Gasteiger partial charge >= 0.3 is 0 Å². The number of piperidine rings is 1. The largest absolute Gasteiger partial charge is 0.390 e. The van der Waals surface area contributed by atoms with Gasteiger partial charge < -0.3 is 20.1 Å². The van der Waals surface area contributed by atoms with E-state index in [0.717, 1.165) is 67.6 Å². The number of nitrogens with one attached hydrogen (secondary N) is 1. The van der Waals surface area contributed by atoms with Gasteiger partial charge in [0.25, 0.3) is 0 Å². The second-order valence-corrected chi connectivity index (χ2v) is 16.0. The van der Waals surface area contributed by atoms with Gasteiger partial charge in [-0.05, 0) is 76.1 Å². The standard InChI is InChI=1S/C35H52N6O6S.2ClH/c1-4-5-17-40-33(43)31(32(42)27-9-7-6-8-10-27)36-34(44)35(40)15-18-38(19-16-35)24-30-25(2)37-41(26(30)3)28-11-13-29(14-12-28)48(45,46)39-20-22-47-23-21-39;;/h11-14,27,31-32,42H,4-10,15-24H2,1-3H3,(H,36,44);2*1H/t31-,32-;;/m1../s1. The van der Waals surface area contributed by atoms with Crippen LogP contribution < -0.4 is 5.32 Å². The lowest BCUT2D eigenvalue weighted by Gasteiger charge is -2.52. The van der Waals surface area contributed by atoms with Crippen molar-refractivity contribution in [3.8, 4) is 5.69 Å². The minimum Gasteiger partial charge on any atom is -0.390 e. The number of unbranched alkanes of at least 4 members (excludes halogenated alkanes) is 1. The highest BCUT2D eigenvalue weighted by molar-refractivity contribution is 7.89. The molecule has 4 fully saturated rings. The number of aliphatic hydroxyl groups is 1. The van der Waals surface area contributed by atoms with Crippen LogP contribution in [0.2, 0.25) is 0 Å². The summed E-state index contributed by atoms with van der Waals surface area (Å²) in [7, 11) is -3.58. The molecule has 4 heterocycles. The van der Waals surface area contributed by atoms with Crippen LogP contribution in [-0.2, 0) is 30.9 Å². The number of benzene rings is 1. The van der Waals surface area contributed by atoms with Gasteiger partial charge in [0, 0.05) is 50.5 Å². The quantitative estimate of drug-likeness (QED) is 0.374. The smallest absolute Gasteiger partial charge is 0.248 e. The summed E-state index contributed by atoms with van der Waals surface area (Å²) in [4.78, 5) is 32.3. The Balaban J connectivity index is 0.00000281. The number of carbonyl (C=O) groups is 2. The fourth-order valence-electron chi connectivity index (χ4n) is 8.11. The highest BCUT2D eigenvalue weighted by atomic mass is 35.5. The Labute approximate surface area is 309 Å². The molecule has 15 heteroatoms. The Bertz CT molecular complexity index is 1570. The zero-order valence-corrected chi connectivity index (χ0v) is 32.0. The minimum absolute atomic E-state index is 0. The molecule has 4 aliphatic rings. The molecule has 0 unspecified atom stereocenters. The van der Waals surface area contributed by atoms with Crippen LogP contribution in [-0.4, -0.2) is 113 Å². The number of aliphatic hydroxyl groups excluding tert-OH is 1. The molecule has 12 nitrogen and oxygen atoms in total. The summed E-state index contributed by atoms with van der Waals surface area (Å²) < 4.78 is 34.8. The van der Waals surface area contributed by atoms with Crippen LogP contribution in [0.3, 0.4) is 0 Å². The molecule has 2 atom stereocenters. The normalized spacial score (nSPS) is 22.9. The summed E-state index contributed by atoms with van der Waals surface area (Å²) in [5.41, 5.74) is 2.86. The van der Waals surface area contributed by atoms with E-state index in [-0.39, 0.29) is 47.4 Å². The van der Waals surface area contributed by atoms with Crippen LogP contribution >= 0.6 is 24.8 Å². The highest BCUT2D eigenvalue weighted by Gasteiger charge is 2.55. The number of hydrogen-bond donors (Lipinski definition) is 2. The lowest BCUT2D eigenvalue weighted by atomic mass is 9.78. The number of carbonyl (C=O) groups excluding carboxylic acids is 2. The van der Waals surface area contributed by atoms with Crippen molar-refractivity contribution in [2.45, 2.75) is 108 Å². The van der Waals surface area contributed by atoms with Crippen molar-refractivity contribution in [3.05, 3.63) is 41.2 Å². The Morgan fingerprint density at radius 3 is 2.26 bits per heavy atom. The van der Waals surface area contributed by atoms with Crippen molar-refractivity contribution >= 4 is 46.7 Å². The molecule has 2 amide bonds. The SMILES string of the molecule is CCCCN1C(=O)[C@@H]([C@H](O)C2CCCCC2)NC(=O)C12CCN(Cc1c(C)nn(-c3ccc(S(=O)(=O)N4CCOCC4)cc3)c1C)CC2.Cl.Cl. The van der Waals surface area contributed by atoms with Crippen LogP contribution in [0.4, 0.5) is 0 Å². The van der Waals surface area contributed by atoms with Gasteiger partial charge in [-0.2, -0.15) is 9.40 Å². The predicted octanol–water partition coefficient (Wildman–Crippen LogP) is 3.76. The molecule has 1 spiro atoms. The van der Waals surface area contributed by atoms with E-state index < -0.39 is 27.7 Å². The number of rotatable bonds is 10. The molecule has 0 radical (unpaired) electrons. The van der Waals surface area contributed by atoms with Crippen LogP contribution in [0.15, 0.2) is 29.2 Å². The first-order chi connectivity index (χ1) is 23.1. The number of aryl methyl sites for hydroxylation is 1. The van der Waals surface area contributed by atoms with E-state index in [1.165, 1.54) is 4.31 Å². The monoisotopic (exact) mass is 756 g/mol. The molecule has 1 saturated carbocycles. The van der Waals surface area contributed by atoms with Crippen LogP contribution in [0.5, 0.6) is 0 Å². The van der Waals surface area contributed by atoms with Crippen molar-refractivity contribution in [2.75, 3.05) is 45.9 Å². The summed E-state index contributed by atoms with van der Waals surface area (Å²) >= 11 is 0. The summed E-state index contributed by atoms with van der Waals surface area (Å²) in [6, 6.07) is 6.00. The van der Waals surface area contributed by atoms with Crippen molar-refractivity contribution in [1.82, 2.24) is 29.2 Å². The molecule has 2 N–H and O–H groups in total. The first-order valence-corrected chi connectivity index (χ1v) is 19.3. The average Bonchev–Trinajstić information content (AvgIpc) is 3.39. The van der Waals surface area contributed by atoms with Crippen molar-refractivity contribution in [2.24, 2.45) is 5.92 Å². The van der Waals surface area contributed by atoms with E-state index in [1.807, 2.05) is 23.4 Å². The molecule has 3 saturated heterocycles. The first kappa shape index (κ1) is 40.5. The molecular formula is C35H54Cl2N6O6S. The summed E-state index contributed by atoms with van der Waals surface area (Å²) in [5, 5.41) is 19.1. The van der Waals surface area contributed by atoms with Gasteiger partial charge in [-0.1, -0.05) is 32.6 Å². The summed E-state index contributed by atoms with van der Waals surface area (Å²) in [6.07, 6.45) is 7.01. The summed E-state index contributed by atoms with van der Waals surface area (Å²) in [6.45, 7) is 10.1. The zero-order valence-electron chi connectivity index (χ0n) is 29.5. The number of nitrogens with zero attached hydrogens (tertiary/aromatic N) is 5. The second-order valence-electron chi connectivity index (χ2n) is 14.1. The molecule has 0 bridgehead atoms. The van der Waals surface area contributed by atoms with E-state index in [4.69, 9.17) is 9.84 Å². The first-order valence-electron chi connectivity index (χ1n) is 17.8. The number of halogens is 2. The van der Waals surface area contributed by atoms with E-state index in [1.54, 1.807) is 24.3 Å². The maximum Gasteiger partial charge on any atom is 0.248 e. The number of likely N-dealkylation sites (tertiary alicyclic amines) is 1. The lowest BCUT2D eigenvalue weighted by molar-refractivity contribution is -0.166. The molecule has 1 aromatic heterocycles. The van der Waals surface area contributed by atoms with Crippen LogP contribution in [0.25, 0.3) is 5.69 Å². The van der Waals surface area contributed by atoms with Crippen molar-refractivity contribution < 1.29 is 27.9 Å². The number of sulfonamides is 1. The number of morpholine rings is 1. The van der Waals surface area contributed by atoms with Crippen LogP contribution in [0, 0.1) is 19.8 Å². The number of piperazine rings is 1. The third-order valence-electron chi connectivity index (χ3n) is 11.2. The average molecular weight is 758 g/mol. The molecule has 3 aliphatic heterocycles. The number of aromatic nitrogens is 2. The Morgan fingerprint density at radius 2 is 1.64 bits per heavy atom. The Morgan fingerprint density at radius 1 is 1.00 bits per heavy atom. The highest BCUT2D eigenvalue weighted by Crippen LogP contribution is 2.37. The third-order valence-corrected chi connectivity index (χ3v) is 13.1. The molecular weight excluding hydrogens is 703 g/mol. The van der Waals surface area contributed by atoms with Crippen molar-refractivity contribution in [1.29, 1.82) is 0 Å². The van der Waals surface area contributed by atoms with Gasteiger partial charge in [-0.15, -0.1) is 24.8 Å². The molecule has 1 aliphatic carbocycles. The fraction of sp³-hybridized carbons (Fsp3) is 0.686. The number of hydrogen-bond acceptors (Lipinski definition) is 8. The second kappa shape index (κ2) is 17.0. The van der Waals surface area contributed by atoms with E-state index in [2.05, 4.69) is 17.1 Å². The van der Waals surface area contributed by atoms with E-state index >= 15 is 0 Å². The Kier molecular flexibility index (Phi) is 13.8. The molecule has 50 heavy (non-hydrogen) atoms. The van der Waals surface area contributed by atoms with Crippen LogP contribution in [0.1, 0.15) is 81.7 Å². The maximum atomic E-state index is 14.0. The molecule has 6 rings (SSSR count). The molecule has 280 valence electrons. The van der Waals surface area contributed by atoms with Gasteiger partial charge in [0.15, 0.2) is 0 Å². The van der Waals surface area contributed by atoms with Crippen molar-refractivity contribution in [3.63, 3.8) is 0 Å². The van der Waals surface area contributed by atoms with Gasteiger partial charge in [0.2, 0.25) is 21.8 Å². The number of ether oxygens (including phenoxy) is 1. The van der Waals surface area contributed by atoms with Gasteiger partial charge in [0.1, 0.15) is 11.6 Å². The van der Waals surface area contributed by atoms with Gasteiger partial charge in [-0.3, -0.25) is 14.5 Å². The maximum absolute atomic E-state index is 14.0. The Hall–Kier alpha value is -2.26. The molecule has 1 aromatic carbocycles. The minimum atomic E-state index is -3.58. The van der Waals surface area contributed by atoms with Gasteiger partial charge in [0.05, 0.1) is 35.6 Å². The van der Waals surface area contributed by atoms with E-state index in [0.29, 0.717) is 65.3 Å². The predicted molar refractivity (Wildman–Crippen MR) is 195 cm³/mol. The zero-order chi connectivity index (χ0) is 34.1. The number of amides is 2. The summed E-state index contributed by atoms with van der Waals surface area (Å²) in [5.74, 6) is -0.214. The van der Waals surface area contributed by atoms with E-state index in [9.17, 15) is 23.1 Å². The molecule has 2 aromatic rings. The third kappa shape index (κ3) is 7.89. The topological polar surface area (TPSA) is 137 Å². The van der Waals surface area contributed by atoms with Gasteiger partial charge in [-0.25, -0.2) is 13.1 Å². The fourth-order valence-corrected chi connectivity index (χ4v) is 9.52.